The van der Waals surface area contributed by atoms with Crippen molar-refractivity contribution in [3.63, 3.8) is 0 Å². The summed E-state index contributed by atoms with van der Waals surface area (Å²) in [6.07, 6.45) is -4.65. The van der Waals surface area contributed by atoms with E-state index < -0.39 is 35.3 Å². The van der Waals surface area contributed by atoms with Crippen molar-refractivity contribution >= 4 is 17.6 Å². The minimum absolute atomic E-state index is 0.466. The summed E-state index contributed by atoms with van der Waals surface area (Å²) in [5.41, 5.74) is -1.14. The molecule has 0 saturated carbocycles. The molecule has 0 aliphatic rings. The Morgan fingerprint density at radius 3 is 2.53 bits per heavy atom. The van der Waals surface area contributed by atoms with Crippen LogP contribution in [0, 0.1) is 0 Å². The monoisotopic (exact) mass is 272 g/mol. The Morgan fingerprint density at radius 2 is 2.12 bits per heavy atom. The number of hydrogen-bond acceptors (Lipinski definition) is 4. The van der Waals surface area contributed by atoms with Crippen molar-refractivity contribution in [3.05, 3.63) is 10.7 Å². The third kappa shape index (κ3) is 3.02. The van der Waals surface area contributed by atoms with Gasteiger partial charge in [-0.2, -0.15) is 13.2 Å². The fourth-order valence-electron chi connectivity index (χ4n) is 1.06. The maximum Gasteiger partial charge on any atom is 0.434 e. The maximum atomic E-state index is 12.5. The molecule has 0 radical (unpaired) electrons. The first-order valence-corrected chi connectivity index (χ1v) is 4.64. The van der Waals surface area contributed by atoms with E-state index >= 15 is 0 Å². The van der Waals surface area contributed by atoms with Crippen LogP contribution < -0.4 is 4.74 Å². The number of rotatable bonds is 3. The molecule has 0 aromatic carbocycles. The van der Waals surface area contributed by atoms with E-state index in [1.54, 1.807) is 0 Å². The van der Waals surface area contributed by atoms with Gasteiger partial charge < -0.3 is 9.47 Å². The molecule has 0 saturated heterocycles. The molecule has 0 aliphatic carbocycles. The molecule has 0 amide bonds. The lowest BCUT2D eigenvalue weighted by atomic mass is 10.4. The number of halogens is 4. The molecule has 0 bridgehead atoms. The third-order valence-electron chi connectivity index (χ3n) is 1.78. The van der Waals surface area contributed by atoms with Crippen molar-refractivity contribution < 1.29 is 27.4 Å². The van der Waals surface area contributed by atoms with Crippen LogP contribution >= 0.6 is 11.6 Å². The third-order valence-corrected chi connectivity index (χ3v) is 2.12. The largest absolute Gasteiger partial charge is 0.466 e. The van der Waals surface area contributed by atoms with Gasteiger partial charge in [-0.1, -0.05) is 11.6 Å². The summed E-state index contributed by atoms with van der Waals surface area (Å²) in [4.78, 5) is 10.7. The van der Waals surface area contributed by atoms with Crippen molar-refractivity contribution in [2.75, 3.05) is 13.7 Å². The van der Waals surface area contributed by atoms with E-state index in [9.17, 15) is 18.0 Å². The number of alkyl halides is 3. The molecule has 96 valence electrons. The first-order valence-electron chi connectivity index (χ1n) is 4.26. The van der Waals surface area contributed by atoms with Crippen molar-refractivity contribution in [2.24, 2.45) is 7.05 Å². The second kappa shape index (κ2) is 4.82. The van der Waals surface area contributed by atoms with E-state index in [4.69, 9.17) is 16.3 Å². The molecule has 0 unspecified atom stereocenters. The van der Waals surface area contributed by atoms with Gasteiger partial charge in [0.2, 0.25) is 0 Å². The summed E-state index contributed by atoms with van der Waals surface area (Å²) >= 11 is 5.46. The quantitative estimate of drug-likeness (QED) is 0.785. The normalized spacial score (nSPS) is 11.4. The zero-order valence-electron chi connectivity index (χ0n) is 8.84. The van der Waals surface area contributed by atoms with Crippen molar-refractivity contribution in [3.8, 4) is 5.88 Å². The Kier molecular flexibility index (Phi) is 3.87. The van der Waals surface area contributed by atoms with Crippen molar-refractivity contribution in [1.82, 2.24) is 9.78 Å². The highest BCUT2D eigenvalue weighted by atomic mass is 35.5. The van der Waals surface area contributed by atoms with Crippen LogP contribution in [0.2, 0.25) is 5.02 Å². The fourth-order valence-corrected chi connectivity index (χ4v) is 1.38. The SMILES string of the molecule is COC(=O)COc1nn(C)c(C(F)(F)F)c1Cl. The van der Waals surface area contributed by atoms with Crippen LogP contribution in [0.25, 0.3) is 0 Å². The van der Waals surface area contributed by atoms with Crippen LogP contribution in [0.5, 0.6) is 5.88 Å². The van der Waals surface area contributed by atoms with Gasteiger partial charge in [-0.05, 0) is 0 Å². The van der Waals surface area contributed by atoms with Crippen LogP contribution in [0.1, 0.15) is 5.69 Å². The Morgan fingerprint density at radius 1 is 1.53 bits per heavy atom. The number of nitrogens with zero attached hydrogens (tertiary/aromatic N) is 2. The van der Waals surface area contributed by atoms with Gasteiger partial charge in [-0.3, -0.25) is 4.68 Å². The number of hydrogen-bond donors (Lipinski definition) is 0. The highest BCUT2D eigenvalue weighted by Crippen LogP contribution is 2.38. The van der Waals surface area contributed by atoms with E-state index in [0.717, 1.165) is 14.2 Å². The summed E-state index contributed by atoms with van der Waals surface area (Å²) in [6, 6.07) is 0. The summed E-state index contributed by atoms with van der Waals surface area (Å²) in [5.74, 6) is -1.22. The van der Waals surface area contributed by atoms with Crippen molar-refractivity contribution in [1.29, 1.82) is 0 Å². The van der Waals surface area contributed by atoms with E-state index in [0.29, 0.717) is 4.68 Å². The molecule has 0 atom stereocenters. The number of carbonyl (C=O) groups is 1. The molecule has 1 rings (SSSR count). The number of methoxy groups -OCH3 is 1. The molecule has 1 heterocycles. The lowest BCUT2D eigenvalue weighted by Gasteiger charge is -2.05. The van der Waals surface area contributed by atoms with E-state index in [1.807, 2.05) is 0 Å². The Balaban J connectivity index is 2.93. The molecular weight excluding hydrogens is 265 g/mol. The Hall–Kier alpha value is -1.44. The molecule has 0 spiro atoms. The predicted octanol–water partition coefficient (Wildman–Crippen LogP) is 1.64. The van der Waals surface area contributed by atoms with Crippen LogP contribution in [0.4, 0.5) is 13.2 Å². The number of esters is 1. The Bertz CT molecular complexity index is 430. The molecule has 17 heavy (non-hydrogen) atoms. The molecule has 0 fully saturated rings. The second-order valence-corrected chi connectivity index (χ2v) is 3.33. The molecule has 1 aromatic heterocycles. The Labute approximate surface area is 99.1 Å². The summed E-state index contributed by atoms with van der Waals surface area (Å²) in [6.45, 7) is -0.565. The number of carbonyl (C=O) groups excluding carboxylic acids is 1. The molecule has 0 aliphatic heterocycles. The fraction of sp³-hybridized carbons (Fsp3) is 0.500. The van der Waals surface area contributed by atoms with Gasteiger partial charge in [0.15, 0.2) is 12.3 Å². The van der Waals surface area contributed by atoms with Crippen LogP contribution in [-0.4, -0.2) is 29.5 Å². The van der Waals surface area contributed by atoms with E-state index in [1.165, 1.54) is 0 Å². The van der Waals surface area contributed by atoms with Gasteiger partial charge in [0.05, 0.1) is 7.11 Å². The van der Waals surface area contributed by atoms with E-state index in [-0.39, 0.29) is 0 Å². The summed E-state index contributed by atoms with van der Waals surface area (Å²) in [7, 11) is 2.19. The second-order valence-electron chi connectivity index (χ2n) is 2.95. The van der Waals surface area contributed by atoms with Gasteiger partial charge in [0.1, 0.15) is 5.02 Å². The molecule has 0 N–H and O–H groups in total. The van der Waals surface area contributed by atoms with Gasteiger partial charge in [0, 0.05) is 7.05 Å². The maximum absolute atomic E-state index is 12.5. The van der Waals surface area contributed by atoms with Gasteiger partial charge >= 0.3 is 12.1 Å². The first kappa shape index (κ1) is 13.6. The lowest BCUT2D eigenvalue weighted by Crippen LogP contribution is -2.13. The van der Waals surface area contributed by atoms with Gasteiger partial charge in [0.25, 0.3) is 5.88 Å². The molecule has 9 heteroatoms. The van der Waals surface area contributed by atoms with Gasteiger partial charge in [-0.25, -0.2) is 4.79 Å². The average Bonchev–Trinajstić information content (AvgIpc) is 2.49. The summed E-state index contributed by atoms with van der Waals surface area (Å²) in [5, 5.41) is 2.73. The zero-order chi connectivity index (χ0) is 13.2. The van der Waals surface area contributed by atoms with E-state index in [2.05, 4.69) is 9.84 Å². The molecular formula is C8H8ClF3N2O3. The molecule has 1 aromatic rings. The number of ether oxygens (including phenoxy) is 2. The minimum Gasteiger partial charge on any atom is -0.466 e. The van der Waals surface area contributed by atoms with Gasteiger partial charge in [-0.15, -0.1) is 5.10 Å². The smallest absolute Gasteiger partial charge is 0.434 e. The predicted molar refractivity (Wildman–Crippen MR) is 50.7 cm³/mol. The first-order chi connectivity index (χ1) is 7.77. The van der Waals surface area contributed by atoms with Crippen molar-refractivity contribution in [2.45, 2.75) is 6.18 Å². The topological polar surface area (TPSA) is 53.4 Å². The molecule has 5 nitrogen and oxygen atoms in total. The van der Waals surface area contributed by atoms with Crippen LogP contribution in [0.3, 0.4) is 0 Å². The zero-order valence-corrected chi connectivity index (χ0v) is 9.59. The standard InChI is InChI=1S/C8H8ClF3N2O3/c1-14-6(8(10,11)12)5(9)7(13-14)17-3-4(15)16-2/h3H2,1-2H3. The van der Waals surface area contributed by atoms with Crippen LogP contribution in [0.15, 0.2) is 0 Å². The van der Waals surface area contributed by atoms with Crippen LogP contribution in [-0.2, 0) is 22.8 Å². The number of aromatic nitrogens is 2. The highest BCUT2D eigenvalue weighted by molar-refractivity contribution is 6.32. The summed E-state index contributed by atoms with van der Waals surface area (Å²) < 4.78 is 47.0. The number of aryl methyl sites for hydroxylation is 1. The lowest BCUT2D eigenvalue weighted by molar-refractivity contribution is -0.143. The highest BCUT2D eigenvalue weighted by Gasteiger charge is 2.39. The average molecular weight is 273 g/mol. The minimum atomic E-state index is -4.65.